The fourth-order valence-electron chi connectivity index (χ4n) is 2.63. The average Bonchev–Trinajstić information content (AvgIpc) is 3.04. The molecular weight excluding hydrogens is 310 g/mol. The zero-order chi connectivity index (χ0) is 16.1. The van der Waals surface area contributed by atoms with E-state index in [1.54, 1.807) is 18.4 Å². The Morgan fingerprint density at radius 3 is 3.22 bits per heavy atom. The molecule has 1 aliphatic rings. The van der Waals surface area contributed by atoms with Crippen molar-refractivity contribution in [2.75, 3.05) is 40.4 Å². The van der Waals surface area contributed by atoms with Crippen LogP contribution in [0.15, 0.2) is 29.6 Å². The maximum atomic E-state index is 5.75. The lowest BCUT2D eigenvalue weighted by molar-refractivity contribution is -0.0182. The molecule has 1 atom stereocenters. The summed E-state index contributed by atoms with van der Waals surface area (Å²) in [5, 5.41) is 6.58. The monoisotopic (exact) mass is 333 g/mol. The van der Waals surface area contributed by atoms with Gasteiger partial charge in [-0.3, -0.25) is 0 Å². The number of nitrogens with one attached hydrogen (secondary N) is 1. The van der Waals surface area contributed by atoms with Gasteiger partial charge in [-0.05, 0) is 19.2 Å². The molecule has 1 aromatic heterocycles. The van der Waals surface area contributed by atoms with Gasteiger partial charge < -0.3 is 19.7 Å². The number of likely N-dealkylation sites (N-methyl/N-ethyl adjacent to an activating group) is 1. The highest BCUT2D eigenvalue weighted by Gasteiger charge is 2.17. The summed E-state index contributed by atoms with van der Waals surface area (Å²) in [4.78, 5) is 7.01. The molecule has 0 saturated carbocycles. The Bertz CT molecular complexity index is 632. The second-order valence-corrected chi connectivity index (χ2v) is 6.62. The number of ether oxygens (including phenoxy) is 2. The summed E-state index contributed by atoms with van der Waals surface area (Å²) in [5.41, 5.74) is 2.16. The van der Waals surface area contributed by atoms with Crippen LogP contribution in [0.4, 0.5) is 0 Å². The standard InChI is InChI=1S/C17H23N3O2S/c1-20-6-7-22-16(11-20)10-18-9-14-12-23-17(19-14)13-4-3-5-15(8-13)21-2/h3-5,8,12,16,18H,6-7,9-11H2,1-2H3/t16-/m1/s1. The molecule has 0 unspecified atom stereocenters. The van der Waals surface area contributed by atoms with Crippen LogP contribution in [0.1, 0.15) is 5.69 Å². The summed E-state index contributed by atoms with van der Waals surface area (Å²) in [7, 11) is 3.82. The fourth-order valence-corrected chi connectivity index (χ4v) is 3.45. The molecule has 2 aromatic rings. The van der Waals surface area contributed by atoms with Crippen LogP contribution in [0.3, 0.4) is 0 Å². The molecule has 0 radical (unpaired) electrons. The molecule has 1 aliphatic heterocycles. The number of morpholine rings is 1. The van der Waals surface area contributed by atoms with Crippen molar-refractivity contribution < 1.29 is 9.47 Å². The molecule has 6 heteroatoms. The Morgan fingerprint density at radius 1 is 1.48 bits per heavy atom. The minimum Gasteiger partial charge on any atom is -0.497 e. The first-order chi connectivity index (χ1) is 11.2. The Balaban J connectivity index is 1.53. The molecule has 3 rings (SSSR count). The lowest BCUT2D eigenvalue weighted by Crippen LogP contribution is -2.44. The van der Waals surface area contributed by atoms with Gasteiger partial charge in [-0.2, -0.15) is 0 Å². The minimum atomic E-state index is 0.269. The topological polar surface area (TPSA) is 46.6 Å². The molecule has 1 saturated heterocycles. The molecule has 1 N–H and O–H groups in total. The fraction of sp³-hybridized carbons (Fsp3) is 0.471. The quantitative estimate of drug-likeness (QED) is 0.878. The van der Waals surface area contributed by atoms with Crippen molar-refractivity contribution in [1.82, 2.24) is 15.2 Å². The third-order valence-electron chi connectivity index (χ3n) is 3.89. The van der Waals surface area contributed by atoms with E-state index in [1.165, 1.54) is 0 Å². The van der Waals surface area contributed by atoms with Gasteiger partial charge in [-0.25, -0.2) is 4.98 Å². The Morgan fingerprint density at radius 2 is 2.39 bits per heavy atom. The van der Waals surface area contributed by atoms with Crippen molar-refractivity contribution in [3.8, 4) is 16.3 Å². The van der Waals surface area contributed by atoms with Crippen LogP contribution >= 0.6 is 11.3 Å². The SMILES string of the molecule is COc1cccc(-c2nc(CNC[C@@H]3CN(C)CCO3)cs2)c1. The normalized spacial score (nSPS) is 19.0. The van der Waals surface area contributed by atoms with Gasteiger partial charge in [0.05, 0.1) is 25.5 Å². The Labute approximate surface area is 141 Å². The summed E-state index contributed by atoms with van der Waals surface area (Å²) in [6.07, 6.45) is 0.269. The van der Waals surface area contributed by atoms with Gasteiger partial charge in [-0.1, -0.05) is 12.1 Å². The second-order valence-electron chi connectivity index (χ2n) is 5.76. The van der Waals surface area contributed by atoms with Gasteiger partial charge in [-0.15, -0.1) is 11.3 Å². The number of aromatic nitrogens is 1. The van der Waals surface area contributed by atoms with Crippen LogP contribution in [0.5, 0.6) is 5.75 Å². The number of benzene rings is 1. The van der Waals surface area contributed by atoms with Gasteiger partial charge in [0.2, 0.25) is 0 Å². The lowest BCUT2D eigenvalue weighted by Gasteiger charge is -2.30. The maximum absolute atomic E-state index is 5.75. The first kappa shape index (κ1) is 16.4. The van der Waals surface area contributed by atoms with E-state index >= 15 is 0 Å². The summed E-state index contributed by atoms with van der Waals surface area (Å²) in [6, 6.07) is 8.01. The number of rotatable bonds is 6. The van der Waals surface area contributed by atoms with Crippen molar-refractivity contribution in [2.45, 2.75) is 12.6 Å². The minimum absolute atomic E-state index is 0.269. The van der Waals surface area contributed by atoms with Crippen LogP contribution in [0.25, 0.3) is 10.6 Å². The molecule has 0 aliphatic carbocycles. The largest absolute Gasteiger partial charge is 0.497 e. The smallest absolute Gasteiger partial charge is 0.123 e. The number of methoxy groups -OCH3 is 1. The first-order valence-electron chi connectivity index (χ1n) is 7.84. The number of hydrogen-bond acceptors (Lipinski definition) is 6. The van der Waals surface area contributed by atoms with E-state index in [0.29, 0.717) is 0 Å². The van der Waals surface area contributed by atoms with E-state index in [-0.39, 0.29) is 6.10 Å². The molecule has 2 heterocycles. The summed E-state index contributed by atoms with van der Waals surface area (Å²) in [5.74, 6) is 0.857. The van der Waals surface area contributed by atoms with E-state index < -0.39 is 0 Å². The third kappa shape index (κ3) is 4.51. The molecule has 23 heavy (non-hydrogen) atoms. The Kier molecular flexibility index (Phi) is 5.61. The predicted molar refractivity (Wildman–Crippen MR) is 93.0 cm³/mol. The lowest BCUT2D eigenvalue weighted by atomic mass is 10.2. The summed E-state index contributed by atoms with van der Waals surface area (Å²) < 4.78 is 11.0. The molecule has 0 spiro atoms. The van der Waals surface area contributed by atoms with E-state index in [4.69, 9.17) is 14.5 Å². The van der Waals surface area contributed by atoms with Crippen molar-refractivity contribution >= 4 is 11.3 Å². The van der Waals surface area contributed by atoms with Crippen molar-refractivity contribution in [1.29, 1.82) is 0 Å². The third-order valence-corrected chi connectivity index (χ3v) is 4.83. The van der Waals surface area contributed by atoms with Crippen molar-refractivity contribution in [3.05, 3.63) is 35.3 Å². The van der Waals surface area contributed by atoms with Gasteiger partial charge in [0, 0.05) is 37.1 Å². The molecular formula is C17H23N3O2S. The van der Waals surface area contributed by atoms with Crippen molar-refractivity contribution in [3.63, 3.8) is 0 Å². The zero-order valence-electron chi connectivity index (χ0n) is 13.6. The summed E-state index contributed by atoms with van der Waals surface area (Å²) in [6.45, 7) is 4.45. The maximum Gasteiger partial charge on any atom is 0.123 e. The van der Waals surface area contributed by atoms with Crippen LogP contribution in [0, 0.1) is 0 Å². The number of hydrogen-bond donors (Lipinski definition) is 1. The first-order valence-corrected chi connectivity index (χ1v) is 8.72. The van der Waals surface area contributed by atoms with Crippen molar-refractivity contribution in [2.24, 2.45) is 0 Å². The molecule has 1 aromatic carbocycles. The molecule has 5 nitrogen and oxygen atoms in total. The van der Waals surface area contributed by atoms with E-state index in [0.717, 1.165) is 54.8 Å². The Hall–Kier alpha value is -1.47. The van der Waals surface area contributed by atoms with Gasteiger partial charge in [0.15, 0.2) is 0 Å². The molecule has 0 amide bonds. The van der Waals surface area contributed by atoms with E-state index in [9.17, 15) is 0 Å². The highest BCUT2D eigenvalue weighted by molar-refractivity contribution is 7.13. The predicted octanol–water partition coefficient (Wildman–Crippen LogP) is 2.24. The van der Waals surface area contributed by atoms with Crippen LogP contribution in [-0.2, 0) is 11.3 Å². The summed E-state index contributed by atoms with van der Waals surface area (Å²) >= 11 is 1.66. The van der Waals surface area contributed by atoms with Gasteiger partial charge >= 0.3 is 0 Å². The van der Waals surface area contributed by atoms with E-state index in [1.807, 2.05) is 18.2 Å². The highest BCUT2D eigenvalue weighted by atomic mass is 32.1. The average molecular weight is 333 g/mol. The molecule has 1 fully saturated rings. The molecule has 0 bridgehead atoms. The highest BCUT2D eigenvalue weighted by Crippen LogP contribution is 2.26. The van der Waals surface area contributed by atoms with Crippen LogP contribution in [-0.4, -0.2) is 56.4 Å². The number of nitrogens with zero attached hydrogens (tertiary/aromatic N) is 2. The second kappa shape index (κ2) is 7.88. The number of thiazole rings is 1. The van der Waals surface area contributed by atoms with Gasteiger partial charge in [0.25, 0.3) is 0 Å². The molecule has 124 valence electrons. The van der Waals surface area contributed by atoms with Crippen LogP contribution in [0.2, 0.25) is 0 Å². The van der Waals surface area contributed by atoms with E-state index in [2.05, 4.69) is 28.7 Å². The van der Waals surface area contributed by atoms with Crippen LogP contribution < -0.4 is 10.1 Å². The van der Waals surface area contributed by atoms with Gasteiger partial charge in [0.1, 0.15) is 10.8 Å². The zero-order valence-corrected chi connectivity index (χ0v) is 14.4.